The molecule has 0 unspecified atom stereocenters. The zero-order valence-electron chi connectivity index (χ0n) is 14.5. The van der Waals surface area contributed by atoms with Gasteiger partial charge in [-0.05, 0) is 49.4 Å². The maximum atomic E-state index is 13.1. The van der Waals surface area contributed by atoms with E-state index in [-0.39, 0.29) is 29.3 Å². The second kappa shape index (κ2) is 8.47. The van der Waals surface area contributed by atoms with Crippen LogP contribution in [-0.4, -0.2) is 17.7 Å². The molecule has 0 spiro atoms. The molecule has 0 saturated heterocycles. The Morgan fingerprint density at radius 2 is 1.96 bits per heavy atom. The summed E-state index contributed by atoms with van der Waals surface area (Å²) in [6, 6.07) is 9.96. The van der Waals surface area contributed by atoms with E-state index in [0.717, 1.165) is 0 Å². The fourth-order valence-electron chi connectivity index (χ4n) is 2.61. The normalized spacial score (nSPS) is 10.9. The molecule has 1 N–H and O–H groups in total. The highest BCUT2D eigenvalue weighted by atomic mass is 79.9. The number of aryl methyl sites for hydroxylation is 1. The summed E-state index contributed by atoms with van der Waals surface area (Å²) in [5.74, 6) is -0.702. The predicted octanol–water partition coefficient (Wildman–Crippen LogP) is 5.08. The summed E-state index contributed by atoms with van der Waals surface area (Å²) in [4.78, 5) is 12.7. The molecule has 0 bridgehead atoms. The molecule has 2 aromatic carbocycles. The lowest BCUT2D eigenvalue weighted by Crippen LogP contribution is -2.24. The van der Waals surface area contributed by atoms with Crippen molar-refractivity contribution in [3.63, 3.8) is 0 Å². The molecule has 0 aliphatic heterocycles. The quantitative estimate of drug-likeness (QED) is 0.563. The topological polar surface area (TPSA) is 64.4 Å². The Kier molecular flexibility index (Phi) is 6.03. The minimum atomic E-state index is -2.99. The van der Waals surface area contributed by atoms with Crippen molar-refractivity contribution >= 4 is 21.8 Å². The number of benzene rings is 2. The summed E-state index contributed by atoms with van der Waals surface area (Å²) in [5, 5.41) is 6.52. The molecule has 0 aliphatic carbocycles. The molecule has 28 heavy (non-hydrogen) atoms. The van der Waals surface area contributed by atoms with Crippen LogP contribution in [0.4, 0.5) is 13.2 Å². The van der Waals surface area contributed by atoms with Gasteiger partial charge in [0.15, 0.2) is 0 Å². The molecule has 146 valence electrons. The average molecular weight is 455 g/mol. The van der Waals surface area contributed by atoms with Crippen molar-refractivity contribution in [2.24, 2.45) is 0 Å². The van der Waals surface area contributed by atoms with Gasteiger partial charge in [-0.3, -0.25) is 4.79 Å². The van der Waals surface area contributed by atoms with E-state index >= 15 is 0 Å². The molecule has 0 aliphatic rings. The zero-order chi connectivity index (χ0) is 20.3. The van der Waals surface area contributed by atoms with E-state index in [9.17, 15) is 18.0 Å². The van der Waals surface area contributed by atoms with E-state index in [2.05, 4.69) is 31.1 Å². The van der Waals surface area contributed by atoms with Crippen molar-refractivity contribution < 1.29 is 27.2 Å². The summed E-state index contributed by atoms with van der Waals surface area (Å²) in [7, 11) is 0. The minimum absolute atomic E-state index is 0.0423. The van der Waals surface area contributed by atoms with E-state index in [1.54, 1.807) is 19.1 Å². The zero-order valence-corrected chi connectivity index (χ0v) is 16.1. The van der Waals surface area contributed by atoms with Crippen molar-refractivity contribution in [1.82, 2.24) is 10.5 Å². The van der Waals surface area contributed by atoms with E-state index in [4.69, 9.17) is 4.52 Å². The number of hydrogen-bond donors (Lipinski definition) is 1. The average Bonchev–Trinajstić information content (AvgIpc) is 3.03. The van der Waals surface area contributed by atoms with Crippen LogP contribution in [0.5, 0.6) is 5.75 Å². The van der Waals surface area contributed by atoms with Gasteiger partial charge in [0.25, 0.3) is 5.91 Å². The van der Waals surface area contributed by atoms with Crippen LogP contribution in [0.3, 0.4) is 0 Å². The Morgan fingerprint density at radius 3 is 2.64 bits per heavy atom. The first-order chi connectivity index (χ1) is 13.3. The maximum absolute atomic E-state index is 13.1. The molecule has 1 amide bonds. The molecule has 0 saturated carbocycles. The fraction of sp³-hybridized carbons (Fsp3) is 0.158. The Labute approximate surface area is 166 Å². The first-order valence-electron chi connectivity index (χ1n) is 8.09. The summed E-state index contributed by atoms with van der Waals surface area (Å²) in [5.41, 5.74) is 1.30. The molecule has 0 atom stereocenters. The Balaban J connectivity index is 1.83. The second-order valence-corrected chi connectivity index (χ2v) is 6.70. The van der Waals surface area contributed by atoms with Gasteiger partial charge in [0.2, 0.25) is 0 Å². The highest BCUT2D eigenvalue weighted by Gasteiger charge is 2.22. The van der Waals surface area contributed by atoms with Crippen LogP contribution in [0, 0.1) is 12.7 Å². The predicted molar refractivity (Wildman–Crippen MR) is 98.6 cm³/mol. The highest BCUT2D eigenvalue weighted by Crippen LogP contribution is 2.27. The van der Waals surface area contributed by atoms with Gasteiger partial charge in [0.05, 0.1) is 0 Å². The van der Waals surface area contributed by atoms with Gasteiger partial charge < -0.3 is 14.6 Å². The van der Waals surface area contributed by atoms with E-state index in [0.29, 0.717) is 15.6 Å². The fourth-order valence-corrected chi connectivity index (χ4v) is 3.01. The maximum Gasteiger partial charge on any atom is 0.387 e. The van der Waals surface area contributed by atoms with E-state index in [1.165, 1.54) is 30.3 Å². The number of carbonyl (C=O) groups is 1. The molecule has 9 heteroatoms. The summed E-state index contributed by atoms with van der Waals surface area (Å²) in [6.45, 7) is -1.48. The number of amides is 1. The molecule has 3 rings (SSSR count). The lowest BCUT2D eigenvalue weighted by molar-refractivity contribution is -0.0504. The molecule has 0 radical (unpaired) electrons. The minimum Gasteiger partial charge on any atom is -0.434 e. The molecule has 5 nitrogen and oxygen atoms in total. The van der Waals surface area contributed by atoms with Crippen molar-refractivity contribution in [3.05, 3.63) is 69.6 Å². The number of nitrogens with one attached hydrogen (secondary N) is 1. The van der Waals surface area contributed by atoms with Gasteiger partial charge in [0, 0.05) is 22.1 Å². The largest absolute Gasteiger partial charge is 0.434 e. The van der Waals surface area contributed by atoms with Crippen LogP contribution in [0.15, 0.2) is 51.5 Å². The van der Waals surface area contributed by atoms with E-state index in [1.807, 2.05) is 0 Å². The van der Waals surface area contributed by atoms with E-state index < -0.39 is 18.3 Å². The van der Waals surface area contributed by atoms with Crippen molar-refractivity contribution in [2.45, 2.75) is 20.1 Å². The molecule has 1 heterocycles. The van der Waals surface area contributed by atoms with Crippen LogP contribution in [-0.2, 0) is 6.54 Å². The SMILES string of the molecule is Cc1onc(-c2ccc(F)cc2)c1C(=O)NCc1cc(Br)ccc1OC(F)F. The van der Waals surface area contributed by atoms with Gasteiger partial charge in [-0.1, -0.05) is 21.1 Å². The van der Waals surface area contributed by atoms with Crippen molar-refractivity contribution in [1.29, 1.82) is 0 Å². The highest BCUT2D eigenvalue weighted by molar-refractivity contribution is 9.10. The number of hydrogen-bond acceptors (Lipinski definition) is 4. The number of aromatic nitrogens is 1. The summed E-state index contributed by atoms with van der Waals surface area (Å²) >= 11 is 3.26. The Morgan fingerprint density at radius 1 is 1.25 bits per heavy atom. The number of nitrogens with zero attached hydrogens (tertiary/aromatic N) is 1. The van der Waals surface area contributed by atoms with Gasteiger partial charge >= 0.3 is 6.61 Å². The first-order valence-corrected chi connectivity index (χ1v) is 8.88. The molecular weight excluding hydrogens is 441 g/mol. The standard InChI is InChI=1S/C19H14BrF3N2O3/c1-10-16(17(25-28-10)11-2-5-14(21)6-3-11)18(26)24-9-12-8-13(20)4-7-15(12)27-19(22)23/h2-8,19H,9H2,1H3,(H,24,26). The third-order valence-electron chi connectivity index (χ3n) is 3.89. The number of carbonyl (C=O) groups excluding carboxylic acids is 1. The van der Waals surface area contributed by atoms with Crippen molar-refractivity contribution in [2.75, 3.05) is 0 Å². The van der Waals surface area contributed by atoms with Crippen LogP contribution in [0.25, 0.3) is 11.3 Å². The lowest BCUT2D eigenvalue weighted by atomic mass is 10.1. The van der Waals surface area contributed by atoms with Gasteiger partial charge in [-0.2, -0.15) is 8.78 Å². The summed E-state index contributed by atoms with van der Waals surface area (Å²) < 4.78 is 48.5. The van der Waals surface area contributed by atoms with Crippen LogP contribution in [0.2, 0.25) is 0 Å². The molecule has 3 aromatic rings. The smallest absolute Gasteiger partial charge is 0.387 e. The Hall–Kier alpha value is -2.81. The second-order valence-electron chi connectivity index (χ2n) is 5.78. The number of halogens is 4. The molecule has 1 aromatic heterocycles. The Bertz CT molecular complexity index is 991. The third kappa shape index (κ3) is 4.53. The van der Waals surface area contributed by atoms with Gasteiger partial charge in [-0.25, -0.2) is 4.39 Å². The number of rotatable bonds is 6. The van der Waals surface area contributed by atoms with Crippen molar-refractivity contribution in [3.8, 4) is 17.0 Å². The monoisotopic (exact) mass is 454 g/mol. The lowest BCUT2D eigenvalue weighted by Gasteiger charge is -2.12. The van der Waals surface area contributed by atoms with Crippen LogP contribution < -0.4 is 10.1 Å². The third-order valence-corrected chi connectivity index (χ3v) is 4.38. The van der Waals surface area contributed by atoms with Gasteiger partial charge in [-0.15, -0.1) is 0 Å². The van der Waals surface area contributed by atoms with Crippen LogP contribution >= 0.6 is 15.9 Å². The number of ether oxygens (including phenoxy) is 1. The number of alkyl halides is 2. The van der Waals surface area contributed by atoms with Gasteiger partial charge in [0.1, 0.15) is 28.6 Å². The first kappa shape index (κ1) is 19.9. The van der Waals surface area contributed by atoms with Crippen LogP contribution in [0.1, 0.15) is 21.7 Å². The molecule has 0 fully saturated rings. The summed E-state index contributed by atoms with van der Waals surface area (Å²) in [6.07, 6.45) is 0. The molecular formula is C19H14BrF3N2O3.